The summed E-state index contributed by atoms with van der Waals surface area (Å²) in [5.74, 6) is 0.412. The molecule has 5 nitrogen and oxygen atoms in total. The number of methoxy groups -OCH3 is 1. The van der Waals surface area contributed by atoms with Gasteiger partial charge in [-0.3, -0.25) is 0 Å². The Morgan fingerprint density at radius 1 is 1.29 bits per heavy atom. The van der Waals surface area contributed by atoms with Gasteiger partial charge in [0.25, 0.3) is 0 Å². The molecule has 1 aliphatic rings. The van der Waals surface area contributed by atoms with Crippen molar-refractivity contribution in [1.82, 2.24) is 9.62 Å². The highest BCUT2D eigenvalue weighted by Gasteiger charge is 2.30. The maximum atomic E-state index is 12.7. The van der Waals surface area contributed by atoms with Gasteiger partial charge in [-0.25, -0.2) is 8.42 Å². The Morgan fingerprint density at radius 3 is 2.52 bits per heavy atom. The fourth-order valence-corrected chi connectivity index (χ4v) is 4.15. The molecule has 0 unspecified atom stereocenters. The first-order valence-electron chi connectivity index (χ1n) is 7.35. The lowest BCUT2D eigenvalue weighted by molar-refractivity contribution is 0.398. The van der Waals surface area contributed by atoms with Gasteiger partial charge in [-0.1, -0.05) is 19.9 Å². The first-order chi connectivity index (χ1) is 9.95. The van der Waals surface area contributed by atoms with Gasteiger partial charge in [0, 0.05) is 25.7 Å². The van der Waals surface area contributed by atoms with Crippen LogP contribution in [0.3, 0.4) is 0 Å². The van der Waals surface area contributed by atoms with E-state index in [-0.39, 0.29) is 4.90 Å². The Hall–Kier alpha value is -1.11. The predicted octanol–water partition coefficient (Wildman–Crippen LogP) is 1.98. The molecule has 1 aromatic carbocycles. The summed E-state index contributed by atoms with van der Waals surface area (Å²) in [5, 5.41) is 3.30. The number of ether oxygens (including phenoxy) is 1. The molecule has 0 bridgehead atoms. The smallest absolute Gasteiger partial charge is 0.246 e. The number of rotatable bonds is 6. The number of sulfonamides is 1. The van der Waals surface area contributed by atoms with Gasteiger partial charge in [-0.2, -0.15) is 4.31 Å². The Bertz CT molecular complexity index is 579. The predicted molar refractivity (Wildman–Crippen MR) is 83.0 cm³/mol. The highest BCUT2D eigenvalue weighted by molar-refractivity contribution is 7.89. The van der Waals surface area contributed by atoms with Gasteiger partial charge < -0.3 is 10.1 Å². The van der Waals surface area contributed by atoms with Gasteiger partial charge in [-0.15, -0.1) is 0 Å². The molecule has 0 aliphatic carbocycles. The van der Waals surface area contributed by atoms with Crippen LogP contribution in [0.15, 0.2) is 23.1 Å². The Balaban J connectivity index is 2.33. The highest BCUT2D eigenvalue weighted by Crippen LogP contribution is 2.29. The van der Waals surface area contributed by atoms with E-state index in [0.717, 1.165) is 18.4 Å². The molecular weight excluding hydrogens is 288 g/mol. The molecule has 0 spiro atoms. The largest absolute Gasteiger partial charge is 0.495 e. The lowest BCUT2D eigenvalue weighted by atomic mass is 10.2. The van der Waals surface area contributed by atoms with E-state index in [1.165, 1.54) is 7.11 Å². The fraction of sp³-hybridized carbons (Fsp3) is 0.600. The Labute approximate surface area is 127 Å². The second kappa shape index (κ2) is 6.77. The van der Waals surface area contributed by atoms with Crippen LogP contribution in [0.1, 0.15) is 32.3 Å². The van der Waals surface area contributed by atoms with E-state index in [1.54, 1.807) is 16.4 Å². The van der Waals surface area contributed by atoms with Crippen molar-refractivity contribution in [3.05, 3.63) is 23.8 Å². The molecule has 6 heteroatoms. The monoisotopic (exact) mass is 312 g/mol. The zero-order valence-corrected chi connectivity index (χ0v) is 13.7. The average Bonchev–Trinajstić information content (AvgIpc) is 2.99. The van der Waals surface area contributed by atoms with Gasteiger partial charge in [0.15, 0.2) is 0 Å². The van der Waals surface area contributed by atoms with Crippen LogP contribution in [0.25, 0.3) is 0 Å². The van der Waals surface area contributed by atoms with Gasteiger partial charge in [0.05, 0.1) is 7.11 Å². The van der Waals surface area contributed by atoms with Crippen LogP contribution in [0.2, 0.25) is 0 Å². The minimum atomic E-state index is -3.46. The molecule has 1 fully saturated rings. The van der Waals surface area contributed by atoms with E-state index in [1.807, 2.05) is 6.07 Å². The average molecular weight is 312 g/mol. The second-order valence-corrected chi connectivity index (χ2v) is 7.54. The van der Waals surface area contributed by atoms with Crippen molar-refractivity contribution < 1.29 is 13.2 Å². The Kier molecular flexibility index (Phi) is 5.24. The highest BCUT2D eigenvalue weighted by atomic mass is 32.2. The minimum Gasteiger partial charge on any atom is -0.495 e. The van der Waals surface area contributed by atoms with Crippen LogP contribution in [0.5, 0.6) is 5.75 Å². The lowest BCUT2D eigenvalue weighted by Crippen LogP contribution is -2.28. The summed E-state index contributed by atoms with van der Waals surface area (Å²) in [7, 11) is -1.96. The zero-order chi connectivity index (χ0) is 15.5. The topological polar surface area (TPSA) is 58.6 Å². The first kappa shape index (κ1) is 16.3. The first-order valence-corrected chi connectivity index (χ1v) is 8.79. The molecule has 0 radical (unpaired) electrons. The summed E-state index contributed by atoms with van der Waals surface area (Å²) in [6.45, 7) is 5.96. The van der Waals surface area contributed by atoms with Gasteiger partial charge >= 0.3 is 0 Å². The summed E-state index contributed by atoms with van der Waals surface area (Å²) in [4.78, 5) is 0.273. The summed E-state index contributed by atoms with van der Waals surface area (Å²) in [6.07, 6.45) is 1.85. The minimum absolute atomic E-state index is 0.273. The van der Waals surface area contributed by atoms with Crippen molar-refractivity contribution in [3.8, 4) is 5.75 Å². The lowest BCUT2D eigenvalue weighted by Gasteiger charge is -2.18. The van der Waals surface area contributed by atoms with E-state index < -0.39 is 10.0 Å². The van der Waals surface area contributed by atoms with Crippen molar-refractivity contribution in [1.29, 1.82) is 0 Å². The summed E-state index contributed by atoms with van der Waals surface area (Å²) in [5.41, 5.74) is 0.947. The molecule has 0 amide bonds. The molecule has 1 heterocycles. The molecule has 1 N–H and O–H groups in total. The molecule has 0 saturated carbocycles. The summed E-state index contributed by atoms with van der Waals surface area (Å²) in [6, 6.07) is 5.71. The van der Waals surface area contributed by atoms with Crippen LogP contribution in [0.4, 0.5) is 0 Å². The van der Waals surface area contributed by atoms with Crippen LogP contribution in [-0.4, -0.2) is 39.0 Å². The third-order valence-corrected chi connectivity index (χ3v) is 5.55. The van der Waals surface area contributed by atoms with E-state index in [4.69, 9.17) is 4.74 Å². The normalized spacial score (nSPS) is 16.6. The number of nitrogens with zero attached hydrogens (tertiary/aromatic N) is 1. The maximum absolute atomic E-state index is 12.7. The van der Waals surface area contributed by atoms with Gasteiger partial charge in [0.1, 0.15) is 10.6 Å². The number of hydrogen-bond donors (Lipinski definition) is 1. The molecule has 1 aromatic rings. The van der Waals surface area contributed by atoms with Crippen LogP contribution in [-0.2, 0) is 16.6 Å². The second-order valence-electron chi connectivity index (χ2n) is 5.63. The standard InChI is InChI=1S/C15H24N2O3S/c1-12(2)16-11-13-6-7-14(20-3)15(10-13)21(18,19)17-8-4-5-9-17/h6-7,10,12,16H,4-5,8-9,11H2,1-3H3. The van der Waals surface area contributed by atoms with Crippen LogP contribution < -0.4 is 10.1 Å². The maximum Gasteiger partial charge on any atom is 0.246 e. The number of benzene rings is 1. The SMILES string of the molecule is COc1ccc(CNC(C)C)cc1S(=O)(=O)N1CCCC1. The van der Waals surface area contributed by atoms with Crippen molar-refractivity contribution in [3.63, 3.8) is 0 Å². The molecule has 118 valence electrons. The molecule has 1 saturated heterocycles. The molecule has 2 rings (SSSR count). The molecular formula is C15H24N2O3S. The molecule has 1 aliphatic heterocycles. The van der Waals surface area contributed by atoms with Crippen molar-refractivity contribution in [2.45, 2.75) is 44.2 Å². The van der Waals surface area contributed by atoms with Crippen molar-refractivity contribution in [2.75, 3.05) is 20.2 Å². The zero-order valence-electron chi connectivity index (χ0n) is 12.9. The summed E-state index contributed by atoms with van der Waals surface area (Å²) < 4.78 is 32.3. The van der Waals surface area contributed by atoms with Gasteiger partial charge in [0.2, 0.25) is 10.0 Å². The number of hydrogen-bond acceptors (Lipinski definition) is 4. The number of nitrogens with one attached hydrogen (secondary N) is 1. The third kappa shape index (κ3) is 3.75. The van der Waals surface area contributed by atoms with E-state index in [9.17, 15) is 8.42 Å². The van der Waals surface area contributed by atoms with E-state index in [0.29, 0.717) is 31.4 Å². The molecule has 0 atom stereocenters. The fourth-order valence-electron chi connectivity index (χ4n) is 2.42. The molecule has 21 heavy (non-hydrogen) atoms. The van der Waals surface area contributed by atoms with Crippen molar-refractivity contribution >= 4 is 10.0 Å². The van der Waals surface area contributed by atoms with E-state index in [2.05, 4.69) is 19.2 Å². The van der Waals surface area contributed by atoms with Crippen LogP contribution >= 0.6 is 0 Å². The van der Waals surface area contributed by atoms with Crippen molar-refractivity contribution in [2.24, 2.45) is 0 Å². The third-order valence-electron chi connectivity index (χ3n) is 3.63. The quantitative estimate of drug-likeness (QED) is 0.872. The van der Waals surface area contributed by atoms with Gasteiger partial charge in [-0.05, 0) is 30.5 Å². The Morgan fingerprint density at radius 2 is 1.95 bits per heavy atom. The van der Waals surface area contributed by atoms with Crippen LogP contribution in [0, 0.1) is 0 Å². The summed E-state index contributed by atoms with van der Waals surface area (Å²) >= 11 is 0. The van der Waals surface area contributed by atoms with E-state index >= 15 is 0 Å². The molecule has 0 aromatic heterocycles.